The zero-order valence-electron chi connectivity index (χ0n) is 14.5. The summed E-state index contributed by atoms with van der Waals surface area (Å²) < 4.78 is 5.08. The number of methoxy groups -OCH3 is 1. The van der Waals surface area contributed by atoms with Crippen molar-refractivity contribution in [3.63, 3.8) is 0 Å². The average Bonchev–Trinajstić information content (AvgIpc) is 2.57. The van der Waals surface area contributed by atoms with Crippen LogP contribution in [0.5, 0.6) is 5.75 Å². The van der Waals surface area contributed by atoms with Crippen molar-refractivity contribution in [3.8, 4) is 5.75 Å². The van der Waals surface area contributed by atoms with E-state index >= 15 is 0 Å². The van der Waals surface area contributed by atoms with Gasteiger partial charge in [-0.05, 0) is 36.6 Å². The van der Waals surface area contributed by atoms with Crippen LogP contribution in [0.4, 0.5) is 0 Å². The van der Waals surface area contributed by atoms with Crippen LogP contribution in [0.3, 0.4) is 0 Å². The minimum absolute atomic E-state index is 0.127. The lowest BCUT2D eigenvalue weighted by Gasteiger charge is -2.10. The summed E-state index contributed by atoms with van der Waals surface area (Å²) in [4.78, 5) is 34.0. The number of unbranched alkanes of at least 4 members (excludes halogenated alkanes) is 2. The lowest BCUT2D eigenvalue weighted by atomic mass is 10.1. The summed E-state index contributed by atoms with van der Waals surface area (Å²) in [6, 6.07) is 7.08. The Balaban J connectivity index is 2.61. The van der Waals surface area contributed by atoms with Crippen molar-refractivity contribution in [2.24, 2.45) is 0 Å². The summed E-state index contributed by atoms with van der Waals surface area (Å²) in [6.07, 6.45) is 3.67. The molecule has 1 aromatic carbocycles. The second-order valence-corrected chi connectivity index (χ2v) is 5.47. The van der Waals surface area contributed by atoms with Crippen LogP contribution in [0.25, 0.3) is 6.08 Å². The zero-order valence-corrected chi connectivity index (χ0v) is 14.5. The van der Waals surface area contributed by atoms with Crippen LogP contribution in [0.2, 0.25) is 0 Å². The van der Waals surface area contributed by atoms with Crippen LogP contribution in [0.15, 0.2) is 30.0 Å². The van der Waals surface area contributed by atoms with Gasteiger partial charge in [0.15, 0.2) is 0 Å². The Morgan fingerprint density at radius 1 is 1.12 bits per heavy atom. The van der Waals surface area contributed by atoms with E-state index in [0.717, 1.165) is 5.56 Å². The lowest BCUT2D eigenvalue weighted by molar-refractivity contribution is -0.137. The molecule has 0 bridgehead atoms. The molecule has 0 heterocycles. The number of carboxylic acid groups (broad SMARTS) is 1. The van der Waals surface area contributed by atoms with E-state index in [0.29, 0.717) is 31.6 Å². The molecule has 0 radical (unpaired) electrons. The minimum atomic E-state index is -0.820. The van der Waals surface area contributed by atoms with Gasteiger partial charge in [-0.1, -0.05) is 18.6 Å². The molecule has 7 heteroatoms. The standard InChI is InChI=1S/C18H24N2O5/c1-13(21)20-16(12-14-7-9-15(25-2)10-8-14)18(24)19-11-5-3-4-6-17(22)23/h7-10,12H,3-6,11H2,1-2H3,(H,19,24)(H,20,21)(H,22,23)/b16-12-. The maximum Gasteiger partial charge on any atom is 0.303 e. The topological polar surface area (TPSA) is 105 Å². The predicted octanol–water partition coefficient (Wildman–Crippen LogP) is 1.93. The first kappa shape index (κ1) is 20.2. The van der Waals surface area contributed by atoms with Crippen LogP contribution in [0.1, 0.15) is 38.2 Å². The maximum absolute atomic E-state index is 12.2. The molecule has 136 valence electrons. The maximum atomic E-state index is 12.2. The Morgan fingerprint density at radius 2 is 1.80 bits per heavy atom. The molecule has 1 rings (SSSR count). The number of hydrogen-bond donors (Lipinski definition) is 3. The van der Waals surface area contributed by atoms with Gasteiger partial charge in [0, 0.05) is 19.9 Å². The minimum Gasteiger partial charge on any atom is -0.497 e. The molecule has 1 aromatic rings. The molecule has 0 saturated carbocycles. The molecule has 0 aliphatic heterocycles. The SMILES string of the molecule is COc1ccc(/C=C(\NC(C)=O)C(=O)NCCCCCC(=O)O)cc1. The normalized spacial score (nSPS) is 10.9. The first-order chi connectivity index (χ1) is 11.9. The lowest BCUT2D eigenvalue weighted by Crippen LogP contribution is -2.34. The van der Waals surface area contributed by atoms with Crippen molar-refractivity contribution >= 4 is 23.9 Å². The Morgan fingerprint density at radius 3 is 2.36 bits per heavy atom. The van der Waals surface area contributed by atoms with E-state index in [1.54, 1.807) is 37.5 Å². The quantitative estimate of drug-likeness (QED) is 0.443. The number of carbonyl (C=O) groups excluding carboxylic acids is 2. The van der Waals surface area contributed by atoms with Gasteiger partial charge >= 0.3 is 5.97 Å². The summed E-state index contributed by atoms with van der Waals surface area (Å²) in [5.74, 6) is -0.843. The first-order valence-corrected chi connectivity index (χ1v) is 8.05. The summed E-state index contributed by atoms with van der Waals surface area (Å²) in [5, 5.41) is 13.8. The predicted molar refractivity (Wildman–Crippen MR) is 93.9 cm³/mol. The molecule has 0 aliphatic rings. The molecular formula is C18H24N2O5. The Hall–Kier alpha value is -2.83. The number of carbonyl (C=O) groups is 3. The second-order valence-electron chi connectivity index (χ2n) is 5.47. The fourth-order valence-corrected chi connectivity index (χ4v) is 2.09. The molecule has 0 fully saturated rings. The molecule has 25 heavy (non-hydrogen) atoms. The van der Waals surface area contributed by atoms with E-state index < -0.39 is 5.97 Å². The van der Waals surface area contributed by atoms with Crippen molar-refractivity contribution in [2.45, 2.75) is 32.6 Å². The molecule has 0 aliphatic carbocycles. The fourth-order valence-electron chi connectivity index (χ4n) is 2.09. The van der Waals surface area contributed by atoms with Crippen molar-refractivity contribution < 1.29 is 24.2 Å². The van der Waals surface area contributed by atoms with Gasteiger partial charge in [-0.25, -0.2) is 0 Å². The molecule has 0 atom stereocenters. The third-order valence-electron chi connectivity index (χ3n) is 3.34. The van der Waals surface area contributed by atoms with Gasteiger partial charge in [-0.3, -0.25) is 14.4 Å². The third-order valence-corrected chi connectivity index (χ3v) is 3.34. The van der Waals surface area contributed by atoms with Crippen LogP contribution in [-0.4, -0.2) is 36.5 Å². The number of nitrogens with one attached hydrogen (secondary N) is 2. The van der Waals surface area contributed by atoms with E-state index in [-0.39, 0.29) is 23.9 Å². The number of aliphatic carboxylic acids is 1. The van der Waals surface area contributed by atoms with E-state index in [4.69, 9.17) is 9.84 Å². The number of benzene rings is 1. The number of amides is 2. The number of rotatable bonds is 10. The molecule has 0 spiro atoms. The van der Waals surface area contributed by atoms with Crippen LogP contribution in [0, 0.1) is 0 Å². The van der Waals surface area contributed by atoms with Crippen LogP contribution < -0.4 is 15.4 Å². The van der Waals surface area contributed by atoms with Crippen LogP contribution in [-0.2, 0) is 14.4 Å². The highest BCUT2D eigenvalue weighted by Gasteiger charge is 2.10. The van der Waals surface area contributed by atoms with Crippen molar-refractivity contribution in [1.82, 2.24) is 10.6 Å². The van der Waals surface area contributed by atoms with Gasteiger partial charge in [-0.2, -0.15) is 0 Å². The number of hydrogen-bond acceptors (Lipinski definition) is 4. The molecule has 3 N–H and O–H groups in total. The smallest absolute Gasteiger partial charge is 0.303 e. The van der Waals surface area contributed by atoms with E-state index in [1.807, 2.05) is 0 Å². The Labute approximate surface area is 147 Å². The molecular weight excluding hydrogens is 324 g/mol. The summed E-state index contributed by atoms with van der Waals surface area (Å²) in [5.41, 5.74) is 0.907. The van der Waals surface area contributed by atoms with E-state index in [9.17, 15) is 14.4 Å². The largest absolute Gasteiger partial charge is 0.497 e. The van der Waals surface area contributed by atoms with Crippen molar-refractivity contribution in [1.29, 1.82) is 0 Å². The first-order valence-electron chi connectivity index (χ1n) is 8.05. The van der Waals surface area contributed by atoms with Crippen molar-refractivity contribution in [3.05, 3.63) is 35.5 Å². The highest BCUT2D eigenvalue weighted by atomic mass is 16.5. The highest BCUT2D eigenvalue weighted by molar-refractivity contribution is 6.00. The monoisotopic (exact) mass is 348 g/mol. The van der Waals surface area contributed by atoms with Crippen molar-refractivity contribution in [2.75, 3.05) is 13.7 Å². The summed E-state index contributed by atoms with van der Waals surface area (Å²) in [6.45, 7) is 1.75. The highest BCUT2D eigenvalue weighted by Crippen LogP contribution is 2.13. The molecule has 7 nitrogen and oxygen atoms in total. The average molecular weight is 348 g/mol. The van der Waals surface area contributed by atoms with Gasteiger partial charge in [0.1, 0.15) is 11.4 Å². The van der Waals surface area contributed by atoms with Gasteiger partial charge < -0.3 is 20.5 Å². The zero-order chi connectivity index (χ0) is 18.7. The fraction of sp³-hybridized carbons (Fsp3) is 0.389. The molecule has 2 amide bonds. The second kappa shape index (κ2) is 10.9. The van der Waals surface area contributed by atoms with Gasteiger partial charge in [0.2, 0.25) is 5.91 Å². The van der Waals surface area contributed by atoms with Gasteiger partial charge in [0.25, 0.3) is 5.91 Å². The molecule has 0 unspecified atom stereocenters. The van der Waals surface area contributed by atoms with Gasteiger partial charge in [-0.15, -0.1) is 0 Å². The summed E-state index contributed by atoms with van der Waals surface area (Å²) in [7, 11) is 1.57. The Bertz CT molecular complexity index is 623. The van der Waals surface area contributed by atoms with E-state index in [2.05, 4.69) is 10.6 Å². The Kier molecular flexibility index (Phi) is 8.78. The number of carboxylic acids is 1. The summed E-state index contributed by atoms with van der Waals surface area (Å²) >= 11 is 0. The van der Waals surface area contributed by atoms with Crippen LogP contribution >= 0.6 is 0 Å². The number of ether oxygens (including phenoxy) is 1. The molecule has 0 saturated heterocycles. The van der Waals surface area contributed by atoms with E-state index in [1.165, 1.54) is 6.92 Å². The molecule has 0 aromatic heterocycles. The van der Waals surface area contributed by atoms with Gasteiger partial charge in [0.05, 0.1) is 7.11 Å². The third kappa shape index (κ3) is 8.55.